The Kier molecular flexibility index (Phi) is 1.73. The molecule has 0 radical (unpaired) electrons. The monoisotopic (exact) mass is 216 g/mol. The van der Waals surface area contributed by atoms with Crippen LogP contribution >= 0.6 is 0 Å². The minimum atomic E-state index is -0.398. The van der Waals surface area contributed by atoms with E-state index in [9.17, 15) is 4.79 Å². The number of fused-ring (bicyclic) bond motifs is 3. The Balaban J connectivity index is 2.55. The molecule has 5 heteroatoms. The SMILES string of the molecule is COc1ccc2c(c1)c(=O)oc1[nH]ncc12. The number of nitrogens with one attached hydrogen (secondary N) is 1. The van der Waals surface area contributed by atoms with Gasteiger partial charge in [-0.15, -0.1) is 0 Å². The van der Waals surface area contributed by atoms with E-state index in [4.69, 9.17) is 9.15 Å². The van der Waals surface area contributed by atoms with Crippen LogP contribution in [0.25, 0.3) is 21.9 Å². The molecule has 0 saturated heterocycles. The predicted octanol–water partition coefficient (Wildman–Crippen LogP) is 1.68. The lowest BCUT2D eigenvalue weighted by molar-refractivity contribution is 0.415. The van der Waals surface area contributed by atoms with E-state index >= 15 is 0 Å². The first-order valence-electron chi connectivity index (χ1n) is 4.73. The molecule has 0 aliphatic heterocycles. The van der Waals surface area contributed by atoms with Crippen molar-refractivity contribution >= 4 is 21.9 Å². The van der Waals surface area contributed by atoms with E-state index in [2.05, 4.69) is 10.2 Å². The van der Waals surface area contributed by atoms with E-state index in [1.54, 1.807) is 25.4 Å². The van der Waals surface area contributed by atoms with E-state index in [1.807, 2.05) is 6.07 Å². The highest BCUT2D eigenvalue weighted by atomic mass is 16.5. The van der Waals surface area contributed by atoms with Crippen LogP contribution in [0, 0.1) is 0 Å². The number of aromatic amines is 1. The molecule has 2 heterocycles. The molecule has 0 fully saturated rings. The van der Waals surface area contributed by atoms with Crippen LogP contribution < -0.4 is 10.4 Å². The summed E-state index contributed by atoms with van der Waals surface area (Å²) >= 11 is 0. The van der Waals surface area contributed by atoms with Crippen molar-refractivity contribution in [2.24, 2.45) is 0 Å². The number of aromatic nitrogens is 2. The van der Waals surface area contributed by atoms with Gasteiger partial charge in [0.15, 0.2) is 0 Å². The first-order chi connectivity index (χ1) is 7.79. The van der Waals surface area contributed by atoms with Gasteiger partial charge in [-0.1, -0.05) is 0 Å². The van der Waals surface area contributed by atoms with Gasteiger partial charge in [0.25, 0.3) is 0 Å². The average molecular weight is 216 g/mol. The Morgan fingerprint density at radius 3 is 3.00 bits per heavy atom. The Bertz CT molecular complexity index is 727. The summed E-state index contributed by atoms with van der Waals surface area (Å²) in [6.07, 6.45) is 1.63. The highest BCUT2D eigenvalue weighted by Gasteiger charge is 2.09. The maximum atomic E-state index is 11.7. The molecular formula is C11H8N2O3. The number of nitrogens with zero attached hydrogens (tertiary/aromatic N) is 1. The molecular weight excluding hydrogens is 208 g/mol. The minimum absolute atomic E-state index is 0.391. The molecule has 0 spiro atoms. The average Bonchev–Trinajstić information content (AvgIpc) is 2.77. The molecule has 80 valence electrons. The van der Waals surface area contributed by atoms with Crippen LogP contribution in [0.3, 0.4) is 0 Å². The molecule has 0 aliphatic rings. The number of rotatable bonds is 1. The van der Waals surface area contributed by atoms with Gasteiger partial charge in [-0.3, -0.25) is 0 Å². The fourth-order valence-electron chi connectivity index (χ4n) is 1.75. The third-order valence-corrected chi connectivity index (χ3v) is 2.54. The second-order valence-electron chi connectivity index (χ2n) is 3.41. The number of ether oxygens (including phenoxy) is 1. The fraction of sp³-hybridized carbons (Fsp3) is 0.0909. The summed E-state index contributed by atoms with van der Waals surface area (Å²) < 4.78 is 10.2. The summed E-state index contributed by atoms with van der Waals surface area (Å²) in [5.41, 5.74) is -0.00619. The molecule has 0 bridgehead atoms. The highest BCUT2D eigenvalue weighted by Crippen LogP contribution is 2.24. The van der Waals surface area contributed by atoms with Gasteiger partial charge >= 0.3 is 5.63 Å². The summed E-state index contributed by atoms with van der Waals surface area (Å²) in [6, 6.07) is 5.28. The van der Waals surface area contributed by atoms with Crippen molar-refractivity contribution in [2.75, 3.05) is 7.11 Å². The first kappa shape index (κ1) is 8.96. The Labute approximate surface area is 89.6 Å². The normalized spacial score (nSPS) is 11.1. The molecule has 1 aromatic carbocycles. The Morgan fingerprint density at radius 2 is 2.19 bits per heavy atom. The summed E-state index contributed by atoms with van der Waals surface area (Å²) in [4.78, 5) is 11.7. The topological polar surface area (TPSA) is 68.1 Å². The minimum Gasteiger partial charge on any atom is -0.497 e. The zero-order valence-electron chi connectivity index (χ0n) is 8.48. The van der Waals surface area contributed by atoms with Crippen LogP contribution in [0.15, 0.2) is 33.6 Å². The number of H-pyrrole nitrogens is 1. The predicted molar refractivity (Wildman–Crippen MR) is 58.7 cm³/mol. The fourth-order valence-corrected chi connectivity index (χ4v) is 1.75. The van der Waals surface area contributed by atoms with Gasteiger partial charge < -0.3 is 9.15 Å². The molecule has 3 aromatic rings. The summed E-state index contributed by atoms with van der Waals surface area (Å²) in [5.74, 6) is 0.627. The van der Waals surface area contributed by atoms with E-state index < -0.39 is 5.63 Å². The largest absolute Gasteiger partial charge is 0.497 e. The second-order valence-corrected chi connectivity index (χ2v) is 3.41. The van der Waals surface area contributed by atoms with Crippen molar-refractivity contribution in [2.45, 2.75) is 0 Å². The van der Waals surface area contributed by atoms with Gasteiger partial charge in [-0.05, 0) is 18.2 Å². The van der Waals surface area contributed by atoms with Gasteiger partial charge in [0.1, 0.15) is 5.75 Å². The third kappa shape index (κ3) is 1.11. The molecule has 0 aliphatic carbocycles. The van der Waals surface area contributed by atoms with Crippen LogP contribution in [-0.2, 0) is 0 Å². The van der Waals surface area contributed by atoms with Crippen LogP contribution in [0.4, 0.5) is 0 Å². The summed E-state index contributed by atoms with van der Waals surface area (Å²) in [5, 5.41) is 8.57. The van der Waals surface area contributed by atoms with Crippen LogP contribution in [0.5, 0.6) is 5.75 Å². The van der Waals surface area contributed by atoms with Crippen LogP contribution in [-0.4, -0.2) is 17.3 Å². The number of hydrogen-bond donors (Lipinski definition) is 1. The van der Waals surface area contributed by atoms with Gasteiger partial charge in [0, 0.05) is 5.39 Å². The van der Waals surface area contributed by atoms with Gasteiger partial charge in [0.05, 0.1) is 24.1 Å². The third-order valence-electron chi connectivity index (χ3n) is 2.54. The zero-order valence-corrected chi connectivity index (χ0v) is 8.48. The van der Waals surface area contributed by atoms with Gasteiger partial charge in [-0.2, -0.15) is 5.10 Å². The smallest absolute Gasteiger partial charge is 0.345 e. The standard InChI is InChI=1S/C11H8N2O3/c1-15-6-2-3-7-8(4-6)11(14)16-10-9(7)5-12-13-10/h2-5H,1H3,(H,12,13). The van der Waals surface area contributed by atoms with Crippen molar-refractivity contribution in [3.8, 4) is 5.75 Å². The number of methoxy groups -OCH3 is 1. The van der Waals surface area contributed by atoms with Crippen molar-refractivity contribution in [1.29, 1.82) is 0 Å². The molecule has 0 atom stereocenters. The lowest BCUT2D eigenvalue weighted by atomic mass is 10.1. The molecule has 16 heavy (non-hydrogen) atoms. The Hall–Kier alpha value is -2.30. The van der Waals surface area contributed by atoms with Crippen molar-refractivity contribution < 1.29 is 9.15 Å². The van der Waals surface area contributed by atoms with Gasteiger partial charge in [-0.25, -0.2) is 9.89 Å². The summed E-state index contributed by atoms with van der Waals surface area (Å²) in [7, 11) is 1.55. The molecule has 0 saturated carbocycles. The van der Waals surface area contributed by atoms with E-state index in [1.165, 1.54) is 0 Å². The van der Waals surface area contributed by atoms with Crippen LogP contribution in [0.1, 0.15) is 0 Å². The lowest BCUT2D eigenvalue weighted by Crippen LogP contribution is -1.99. The molecule has 3 rings (SSSR count). The molecule has 0 unspecified atom stereocenters. The summed E-state index contributed by atoms with van der Waals surface area (Å²) in [6.45, 7) is 0. The van der Waals surface area contributed by atoms with Crippen molar-refractivity contribution in [3.63, 3.8) is 0 Å². The maximum Gasteiger partial charge on any atom is 0.345 e. The number of hydrogen-bond acceptors (Lipinski definition) is 4. The van der Waals surface area contributed by atoms with Crippen molar-refractivity contribution in [3.05, 3.63) is 34.8 Å². The lowest BCUT2D eigenvalue weighted by Gasteiger charge is -2.01. The van der Waals surface area contributed by atoms with E-state index in [-0.39, 0.29) is 0 Å². The molecule has 0 amide bonds. The zero-order chi connectivity index (χ0) is 11.1. The molecule has 1 N–H and O–H groups in total. The molecule has 2 aromatic heterocycles. The second kappa shape index (κ2) is 3.10. The highest BCUT2D eigenvalue weighted by molar-refractivity contribution is 6.03. The quantitative estimate of drug-likeness (QED) is 0.671. The first-order valence-corrected chi connectivity index (χ1v) is 4.73. The maximum absolute atomic E-state index is 11.7. The van der Waals surface area contributed by atoms with Crippen molar-refractivity contribution in [1.82, 2.24) is 10.2 Å². The van der Waals surface area contributed by atoms with E-state index in [0.29, 0.717) is 16.8 Å². The van der Waals surface area contributed by atoms with Crippen LogP contribution in [0.2, 0.25) is 0 Å². The number of benzene rings is 1. The molecule has 5 nitrogen and oxygen atoms in total. The Morgan fingerprint density at radius 1 is 1.31 bits per heavy atom. The van der Waals surface area contributed by atoms with E-state index in [0.717, 1.165) is 10.8 Å². The van der Waals surface area contributed by atoms with Gasteiger partial charge in [0.2, 0.25) is 5.71 Å².